The number of fused-ring (bicyclic) bond motifs is 1. The molecule has 174 valence electrons. The predicted octanol–water partition coefficient (Wildman–Crippen LogP) is 3.37. The fraction of sp³-hybridized carbons (Fsp3) is 0.500. The van der Waals surface area contributed by atoms with Crippen LogP contribution < -0.4 is 10.6 Å². The molecule has 6 heteroatoms. The molecule has 2 aromatic carbocycles. The first-order valence-corrected chi connectivity index (χ1v) is 11.7. The second-order valence-corrected chi connectivity index (χ2v) is 8.63. The highest BCUT2D eigenvalue weighted by Crippen LogP contribution is 2.21. The van der Waals surface area contributed by atoms with Gasteiger partial charge in [-0.05, 0) is 62.4 Å². The van der Waals surface area contributed by atoms with Crippen LogP contribution in [0.4, 0.5) is 5.69 Å². The number of β-amino-alcohol motifs (C(OH)–C–C–N with tert-alkyl or cyclic N) is 1. The van der Waals surface area contributed by atoms with E-state index in [4.69, 9.17) is 4.74 Å². The molecule has 0 radical (unpaired) electrons. The van der Waals surface area contributed by atoms with Crippen molar-refractivity contribution < 1.29 is 14.6 Å². The van der Waals surface area contributed by atoms with Crippen LogP contribution >= 0.6 is 0 Å². The van der Waals surface area contributed by atoms with Gasteiger partial charge in [-0.3, -0.25) is 9.69 Å². The minimum absolute atomic E-state index is 0.156. The van der Waals surface area contributed by atoms with Crippen molar-refractivity contribution in [2.45, 2.75) is 52.3 Å². The predicted molar refractivity (Wildman–Crippen MR) is 129 cm³/mol. The highest BCUT2D eigenvalue weighted by molar-refractivity contribution is 5.97. The van der Waals surface area contributed by atoms with Gasteiger partial charge in [0.1, 0.15) is 0 Å². The number of hydrogen-bond acceptors (Lipinski definition) is 5. The van der Waals surface area contributed by atoms with Crippen molar-refractivity contribution >= 4 is 11.6 Å². The lowest BCUT2D eigenvalue weighted by Gasteiger charge is -2.30. The summed E-state index contributed by atoms with van der Waals surface area (Å²) in [5, 5.41) is 16.9. The summed E-state index contributed by atoms with van der Waals surface area (Å²) in [6.07, 6.45) is 1.29. The molecule has 0 fully saturated rings. The van der Waals surface area contributed by atoms with E-state index in [0.717, 1.165) is 43.8 Å². The smallest absolute Gasteiger partial charge is 0.251 e. The number of aliphatic hydroxyl groups excluding tert-OH is 1. The van der Waals surface area contributed by atoms with E-state index in [1.54, 1.807) is 0 Å². The van der Waals surface area contributed by atoms with Crippen molar-refractivity contribution in [3.05, 3.63) is 64.7 Å². The molecule has 0 saturated carbocycles. The number of carbonyl (C=O) groups is 1. The van der Waals surface area contributed by atoms with E-state index in [1.165, 1.54) is 11.1 Å². The molecular formula is C26H37N3O3. The van der Waals surface area contributed by atoms with Gasteiger partial charge in [0.25, 0.3) is 5.91 Å². The number of rotatable bonds is 11. The second kappa shape index (κ2) is 12.0. The summed E-state index contributed by atoms with van der Waals surface area (Å²) >= 11 is 0. The van der Waals surface area contributed by atoms with Gasteiger partial charge < -0.3 is 20.5 Å². The van der Waals surface area contributed by atoms with Crippen LogP contribution in [0.25, 0.3) is 0 Å². The molecule has 0 spiro atoms. The minimum Gasteiger partial charge on any atom is -0.390 e. The van der Waals surface area contributed by atoms with Gasteiger partial charge in [-0.2, -0.15) is 0 Å². The number of hydrogen-bond donors (Lipinski definition) is 3. The summed E-state index contributed by atoms with van der Waals surface area (Å²) < 4.78 is 5.43. The number of amides is 1. The van der Waals surface area contributed by atoms with Crippen LogP contribution in [0.2, 0.25) is 0 Å². The Morgan fingerprint density at radius 3 is 2.75 bits per heavy atom. The summed E-state index contributed by atoms with van der Waals surface area (Å²) in [4.78, 5) is 15.0. The van der Waals surface area contributed by atoms with Crippen LogP contribution in [0.3, 0.4) is 0 Å². The van der Waals surface area contributed by atoms with E-state index in [-0.39, 0.29) is 18.5 Å². The molecule has 0 aliphatic carbocycles. The van der Waals surface area contributed by atoms with E-state index >= 15 is 0 Å². The van der Waals surface area contributed by atoms with E-state index < -0.39 is 6.10 Å². The Morgan fingerprint density at radius 1 is 1.19 bits per heavy atom. The maximum absolute atomic E-state index is 12.8. The maximum Gasteiger partial charge on any atom is 0.251 e. The SMILES string of the molecule is CCOCCC(C)Nc1cccc(C(=O)NCC(O)CN2CCc3ccccc3C2)c1C. The van der Waals surface area contributed by atoms with Crippen molar-refractivity contribution in [3.63, 3.8) is 0 Å². The Labute approximate surface area is 192 Å². The highest BCUT2D eigenvalue weighted by Gasteiger charge is 2.19. The number of aliphatic hydroxyl groups is 1. The fourth-order valence-electron chi connectivity index (χ4n) is 4.16. The van der Waals surface area contributed by atoms with Gasteiger partial charge in [0.2, 0.25) is 0 Å². The van der Waals surface area contributed by atoms with Gasteiger partial charge >= 0.3 is 0 Å². The summed E-state index contributed by atoms with van der Waals surface area (Å²) in [7, 11) is 0. The molecule has 0 saturated heterocycles. The minimum atomic E-state index is -0.607. The van der Waals surface area contributed by atoms with Gasteiger partial charge in [-0.15, -0.1) is 0 Å². The van der Waals surface area contributed by atoms with E-state index in [1.807, 2.05) is 32.0 Å². The molecule has 1 aliphatic rings. The number of nitrogens with one attached hydrogen (secondary N) is 2. The van der Waals surface area contributed by atoms with Crippen LogP contribution in [0.1, 0.15) is 47.3 Å². The zero-order chi connectivity index (χ0) is 22.9. The van der Waals surface area contributed by atoms with Crippen LogP contribution in [0.15, 0.2) is 42.5 Å². The van der Waals surface area contributed by atoms with E-state index in [2.05, 4.69) is 46.7 Å². The fourth-order valence-corrected chi connectivity index (χ4v) is 4.16. The topological polar surface area (TPSA) is 73.8 Å². The highest BCUT2D eigenvalue weighted by atomic mass is 16.5. The van der Waals surface area contributed by atoms with Crippen LogP contribution in [-0.4, -0.2) is 60.9 Å². The van der Waals surface area contributed by atoms with Gasteiger partial charge in [-0.25, -0.2) is 0 Å². The number of nitrogens with zero attached hydrogens (tertiary/aromatic N) is 1. The lowest BCUT2D eigenvalue weighted by molar-refractivity contribution is 0.0841. The third-order valence-corrected chi connectivity index (χ3v) is 6.06. The molecule has 2 aromatic rings. The zero-order valence-corrected chi connectivity index (χ0v) is 19.6. The number of anilines is 1. The van der Waals surface area contributed by atoms with Gasteiger partial charge in [0.15, 0.2) is 0 Å². The average Bonchev–Trinajstić information content (AvgIpc) is 2.79. The molecule has 6 nitrogen and oxygen atoms in total. The summed E-state index contributed by atoms with van der Waals surface area (Å²) in [5.41, 5.74) is 5.21. The Bertz CT molecular complexity index is 886. The monoisotopic (exact) mass is 439 g/mol. The molecule has 3 rings (SSSR count). The lowest BCUT2D eigenvalue weighted by Crippen LogP contribution is -2.42. The van der Waals surface area contributed by atoms with Crippen molar-refractivity contribution in [1.29, 1.82) is 0 Å². The third kappa shape index (κ3) is 6.79. The first-order chi connectivity index (χ1) is 15.5. The molecule has 0 bridgehead atoms. The van der Waals surface area contributed by atoms with Gasteiger partial charge in [0.05, 0.1) is 6.10 Å². The van der Waals surface area contributed by atoms with E-state index in [9.17, 15) is 9.90 Å². The van der Waals surface area contributed by atoms with Crippen molar-refractivity contribution in [2.24, 2.45) is 0 Å². The molecule has 1 heterocycles. The molecule has 32 heavy (non-hydrogen) atoms. The second-order valence-electron chi connectivity index (χ2n) is 8.63. The van der Waals surface area contributed by atoms with Crippen LogP contribution in [-0.2, 0) is 17.7 Å². The lowest BCUT2D eigenvalue weighted by atomic mass is 10.00. The Morgan fingerprint density at radius 2 is 1.97 bits per heavy atom. The number of carbonyl (C=O) groups excluding carboxylic acids is 1. The molecule has 3 N–H and O–H groups in total. The molecule has 0 aromatic heterocycles. The molecule has 2 unspecified atom stereocenters. The maximum atomic E-state index is 12.8. The Balaban J connectivity index is 1.49. The Kier molecular flexibility index (Phi) is 9.09. The van der Waals surface area contributed by atoms with Crippen LogP contribution in [0.5, 0.6) is 0 Å². The standard InChI is InChI=1S/C26H37N3O3/c1-4-32-15-13-19(2)28-25-11-7-10-24(20(25)3)26(31)27-16-23(30)18-29-14-12-21-8-5-6-9-22(21)17-29/h5-11,19,23,28,30H,4,12-18H2,1-3H3,(H,27,31). The average molecular weight is 440 g/mol. The molecular weight excluding hydrogens is 402 g/mol. The summed E-state index contributed by atoms with van der Waals surface area (Å²) in [6, 6.07) is 14.4. The van der Waals surface area contributed by atoms with Crippen molar-refractivity contribution in [3.8, 4) is 0 Å². The van der Waals surface area contributed by atoms with E-state index in [0.29, 0.717) is 18.7 Å². The molecule has 1 amide bonds. The number of ether oxygens (including phenoxy) is 1. The first kappa shape index (κ1) is 24.2. The van der Waals surface area contributed by atoms with Crippen LogP contribution in [0, 0.1) is 6.92 Å². The third-order valence-electron chi connectivity index (χ3n) is 6.06. The zero-order valence-electron chi connectivity index (χ0n) is 19.6. The first-order valence-electron chi connectivity index (χ1n) is 11.7. The quantitative estimate of drug-likeness (QED) is 0.468. The Hall–Kier alpha value is -2.41. The number of benzene rings is 2. The molecule has 2 atom stereocenters. The van der Waals surface area contributed by atoms with Crippen molar-refractivity contribution in [1.82, 2.24) is 10.2 Å². The van der Waals surface area contributed by atoms with Gasteiger partial charge in [0, 0.05) is 56.7 Å². The van der Waals surface area contributed by atoms with Gasteiger partial charge in [-0.1, -0.05) is 30.3 Å². The summed E-state index contributed by atoms with van der Waals surface area (Å²) in [5.74, 6) is -0.156. The largest absolute Gasteiger partial charge is 0.390 e. The molecule has 1 aliphatic heterocycles. The van der Waals surface area contributed by atoms with Crippen molar-refractivity contribution in [2.75, 3.05) is 38.2 Å². The normalized spacial score (nSPS) is 15.6. The summed E-state index contributed by atoms with van der Waals surface area (Å²) in [6.45, 7) is 10.0.